The van der Waals surface area contributed by atoms with Crippen molar-refractivity contribution in [3.63, 3.8) is 0 Å². The van der Waals surface area contributed by atoms with Crippen LogP contribution in [0.2, 0.25) is 0 Å². The van der Waals surface area contributed by atoms with Crippen molar-refractivity contribution in [3.8, 4) is 0 Å². The quantitative estimate of drug-likeness (QED) is 0.687. The molecule has 0 unspecified atom stereocenters. The van der Waals surface area contributed by atoms with E-state index in [2.05, 4.69) is 0 Å². The third-order valence-electron chi connectivity index (χ3n) is 4.05. The second-order valence-corrected chi connectivity index (χ2v) is 5.28. The molecule has 0 saturated carbocycles. The van der Waals surface area contributed by atoms with Gasteiger partial charge >= 0.3 is 0 Å². The monoisotopic (exact) mass is 232 g/mol. The predicted octanol–water partition coefficient (Wildman–Crippen LogP) is 2.24. The number of aromatic nitrogens is 2. The van der Waals surface area contributed by atoms with E-state index in [0.29, 0.717) is 0 Å². The standard InChI is InChI=1S/C14H20N2O/c17-14-11-7-4-5-8-12(11)15-13-9-3-1-2-6-10-16(13)14/h1-10H2. The minimum absolute atomic E-state index is 0.270. The Morgan fingerprint density at radius 2 is 1.65 bits per heavy atom. The van der Waals surface area contributed by atoms with E-state index < -0.39 is 0 Å². The van der Waals surface area contributed by atoms with Gasteiger partial charge in [-0.15, -0.1) is 0 Å². The minimum Gasteiger partial charge on any atom is -0.296 e. The van der Waals surface area contributed by atoms with Gasteiger partial charge in [0.1, 0.15) is 5.82 Å². The average molecular weight is 232 g/mol. The Bertz CT molecular complexity index is 476. The zero-order chi connectivity index (χ0) is 11.7. The van der Waals surface area contributed by atoms with E-state index >= 15 is 0 Å². The van der Waals surface area contributed by atoms with Crippen molar-refractivity contribution in [2.45, 2.75) is 64.3 Å². The van der Waals surface area contributed by atoms with Crippen LogP contribution in [0.3, 0.4) is 0 Å². The first kappa shape index (κ1) is 11.0. The Balaban J connectivity index is 2.10. The van der Waals surface area contributed by atoms with Gasteiger partial charge in [0, 0.05) is 18.5 Å². The third-order valence-corrected chi connectivity index (χ3v) is 4.05. The predicted molar refractivity (Wildman–Crippen MR) is 67.3 cm³/mol. The SMILES string of the molecule is O=c1c2c(nc3n1CCCCCC3)CCCC2. The molecule has 0 radical (unpaired) electrons. The smallest absolute Gasteiger partial charge is 0.256 e. The van der Waals surface area contributed by atoms with E-state index in [-0.39, 0.29) is 5.56 Å². The molecule has 3 nitrogen and oxygen atoms in total. The summed E-state index contributed by atoms with van der Waals surface area (Å²) in [6.07, 6.45) is 10.2. The normalized spacial score (nSPS) is 20.0. The molecule has 3 rings (SSSR count). The highest BCUT2D eigenvalue weighted by molar-refractivity contribution is 5.22. The Kier molecular flexibility index (Phi) is 3.00. The first-order chi connectivity index (χ1) is 8.36. The van der Waals surface area contributed by atoms with Gasteiger partial charge in [-0.3, -0.25) is 9.36 Å². The topological polar surface area (TPSA) is 34.9 Å². The molecule has 3 heteroatoms. The lowest BCUT2D eigenvalue weighted by atomic mass is 9.96. The molecule has 1 aliphatic heterocycles. The lowest BCUT2D eigenvalue weighted by Crippen LogP contribution is -2.32. The van der Waals surface area contributed by atoms with Gasteiger partial charge in [0.15, 0.2) is 0 Å². The van der Waals surface area contributed by atoms with Crippen molar-refractivity contribution < 1.29 is 0 Å². The fourth-order valence-corrected chi connectivity index (χ4v) is 3.07. The Labute approximate surface area is 102 Å². The first-order valence-electron chi connectivity index (χ1n) is 6.98. The van der Waals surface area contributed by atoms with Crippen LogP contribution in [-0.4, -0.2) is 9.55 Å². The minimum atomic E-state index is 0.270. The zero-order valence-electron chi connectivity index (χ0n) is 10.4. The highest BCUT2D eigenvalue weighted by atomic mass is 16.1. The molecule has 0 atom stereocenters. The fraction of sp³-hybridized carbons (Fsp3) is 0.714. The summed E-state index contributed by atoms with van der Waals surface area (Å²) in [6.45, 7) is 0.883. The Hall–Kier alpha value is -1.12. The van der Waals surface area contributed by atoms with Crippen molar-refractivity contribution >= 4 is 0 Å². The van der Waals surface area contributed by atoms with Gasteiger partial charge in [0.05, 0.1) is 5.69 Å². The summed E-state index contributed by atoms with van der Waals surface area (Å²) in [6, 6.07) is 0. The molecule has 2 aliphatic rings. The summed E-state index contributed by atoms with van der Waals surface area (Å²) < 4.78 is 1.96. The molecule has 0 bridgehead atoms. The zero-order valence-corrected chi connectivity index (χ0v) is 10.4. The maximum Gasteiger partial charge on any atom is 0.256 e. The van der Waals surface area contributed by atoms with Gasteiger partial charge < -0.3 is 0 Å². The number of nitrogens with zero attached hydrogens (tertiary/aromatic N) is 2. The summed E-state index contributed by atoms with van der Waals surface area (Å²) in [5, 5.41) is 0. The largest absolute Gasteiger partial charge is 0.296 e. The molecule has 1 aliphatic carbocycles. The van der Waals surface area contributed by atoms with E-state index in [0.717, 1.165) is 55.7 Å². The maximum absolute atomic E-state index is 12.4. The summed E-state index contributed by atoms with van der Waals surface area (Å²) in [5.41, 5.74) is 2.39. The van der Waals surface area contributed by atoms with Gasteiger partial charge in [-0.25, -0.2) is 4.98 Å². The third kappa shape index (κ3) is 2.03. The van der Waals surface area contributed by atoms with Crippen LogP contribution < -0.4 is 5.56 Å². The lowest BCUT2D eigenvalue weighted by Gasteiger charge is -2.21. The van der Waals surface area contributed by atoms with Crippen LogP contribution in [0.25, 0.3) is 0 Å². The number of aryl methyl sites for hydroxylation is 2. The van der Waals surface area contributed by atoms with Crippen LogP contribution in [0.15, 0.2) is 4.79 Å². The Morgan fingerprint density at radius 1 is 0.882 bits per heavy atom. The van der Waals surface area contributed by atoms with Crippen molar-refractivity contribution in [2.75, 3.05) is 0 Å². The number of hydrogen-bond acceptors (Lipinski definition) is 2. The maximum atomic E-state index is 12.4. The highest BCUT2D eigenvalue weighted by Crippen LogP contribution is 2.19. The van der Waals surface area contributed by atoms with Crippen molar-refractivity contribution in [1.82, 2.24) is 9.55 Å². The van der Waals surface area contributed by atoms with Crippen molar-refractivity contribution in [3.05, 3.63) is 27.4 Å². The molecule has 0 saturated heterocycles. The van der Waals surface area contributed by atoms with E-state index in [1.54, 1.807) is 0 Å². The van der Waals surface area contributed by atoms with Crippen molar-refractivity contribution in [2.24, 2.45) is 0 Å². The van der Waals surface area contributed by atoms with Crippen LogP contribution in [-0.2, 0) is 25.8 Å². The molecule has 0 spiro atoms. The van der Waals surface area contributed by atoms with Gasteiger partial charge in [0.2, 0.25) is 0 Å². The van der Waals surface area contributed by atoms with Crippen LogP contribution in [0.5, 0.6) is 0 Å². The van der Waals surface area contributed by atoms with Crippen LogP contribution in [0.4, 0.5) is 0 Å². The molecule has 0 amide bonds. The number of fused-ring (bicyclic) bond motifs is 2. The molecule has 17 heavy (non-hydrogen) atoms. The molecule has 92 valence electrons. The fourth-order valence-electron chi connectivity index (χ4n) is 3.07. The van der Waals surface area contributed by atoms with Crippen LogP contribution in [0, 0.1) is 0 Å². The van der Waals surface area contributed by atoms with Crippen LogP contribution in [0.1, 0.15) is 55.6 Å². The van der Waals surface area contributed by atoms with Crippen LogP contribution >= 0.6 is 0 Å². The summed E-state index contributed by atoms with van der Waals surface area (Å²) >= 11 is 0. The molecular formula is C14H20N2O. The first-order valence-corrected chi connectivity index (χ1v) is 6.98. The summed E-state index contributed by atoms with van der Waals surface area (Å²) in [5.74, 6) is 1.05. The Morgan fingerprint density at radius 3 is 2.59 bits per heavy atom. The molecule has 0 fully saturated rings. The van der Waals surface area contributed by atoms with E-state index in [4.69, 9.17) is 4.98 Å². The molecule has 2 heterocycles. The highest BCUT2D eigenvalue weighted by Gasteiger charge is 2.19. The average Bonchev–Trinajstić information content (AvgIpc) is 2.32. The second kappa shape index (κ2) is 4.63. The summed E-state index contributed by atoms with van der Waals surface area (Å²) in [7, 11) is 0. The van der Waals surface area contributed by atoms with E-state index in [1.807, 2.05) is 4.57 Å². The molecule has 0 aromatic carbocycles. The van der Waals surface area contributed by atoms with Gasteiger partial charge in [0.25, 0.3) is 5.56 Å². The lowest BCUT2D eigenvalue weighted by molar-refractivity contribution is 0.483. The number of hydrogen-bond donors (Lipinski definition) is 0. The number of rotatable bonds is 0. The van der Waals surface area contributed by atoms with E-state index in [1.165, 1.54) is 25.7 Å². The van der Waals surface area contributed by atoms with Gasteiger partial charge in [-0.05, 0) is 38.5 Å². The molecule has 0 N–H and O–H groups in total. The molecule has 1 aromatic rings. The summed E-state index contributed by atoms with van der Waals surface area (Å²) in [4.78, 5) is 17.2. The van der Waals surface area contributed by atoms with E-state index in [9.17, 15) is 4.79 Å². The van der Waals surface area contributed by atoms with Gasteiger partial charge in [-0.1, -0.05) is 12.8 Å². The van der Waals surface area contributed by atoms with Crippen molar-refractivity contribution in [1.29, 1.82) is 0 Å². The van der Waals surface area contributed by atoms with Gasteiger partial charge in [-0.2, -0.15) is 0 Å². The molecule has 1 aromatic heterocycles. The molecular weight excluding hydrogens is 212 g/mol. The second-order valence-electron chi connectivity index (χ2n) is 5.28.